The van der Waals surface area contributed by atoms with E-state index in [-0.39, 0.29) is 0 Å². The van der Waals surface area contributed by atoms with Crippen molar-refractivity contribution < 1.29 is 54.6 Å². The Kier molecular flexibility index (Phi) is 17.6. The molecule has 1 heterocycles. The first-order chi connectivity index (χ1) is 9.59. The molecule has 13 nitrogen and oxygen atoms in total. The van der Waals surface area contributed by atoms with Gasteiger partial charge in [-0.3, -0.25) is 9.97 Å². The topological polar surface area (TPSA) is 225 Å². The van der Waals surface area contributed by atoms with Gasteiger partial charge in [0.05, 0.1) is 0 Å². The summed E-state index contributed by atoms with van der Waals surface area (Å²) >= 11 is 0. The van der Waals surface area contributed by atoms with Crippen LogP contribution in [0.5, 0.6) is 0 Å². The summed E-state index contributed by atoms with van der Waals surface area (Å²) in [4.78, 5) is 43.0. The summed E-state index contributed by atoms with van der Waals surface area (Å²) in [5.74, 6) is 0. The van der Waals surface area contributed by atoms with Gasteiger partial charge in [0, 0.05) is 24.8 Å². The van der Waals surface area contributed by atoms with E-state index in [1.807, 2.05) is 0 Å². The normalized spacial score (nSPS) is 7.05. The van der Waals surface area contributed by atoms with Gasteiger partial charge in [-0.15, -0.1) is 0 Å². The van der Waals surface area contributed by atoms with Crippen LogP contribution in [0.4, 0.5) is 19.2 Å². The lowest BCUT2D eigenvalue weighted by Crippen LogP contribution is -2.05. The lowest BCUT2D eigenvalue weighted by Gasteiger charge is -1.84. The average Bonchev–Trinajstić information content (AvgIpc) is 2.28. The molecule has 0 aromatic carbocycles. The third-order valence-corrected chi connectivity index (χ3v) is 0.652. The number of carboxylic acid groups (broad SMARTS) is 6. The van der Waals surface area contributed by atoms with Gasteiger partial charge in [-0.1, -0.05) is 0 Å². The maximum absolute atomic E-state index is 9.21. The molecule has 21 heavy (non-hydrogen) atoms. The number of nitrogens with zero attached hydrogens (tertiary/aromatic N) is 2. The van der Waals surface area contributed by atoms with E-state index in [9.17, 15) is 9.59 Å². The minimum atomic E-state index is -1.83. The summed E-state index contributed by atoms with van der Waals surface area (Å²) < 4.78 is 3.08. The fraction of sp³-hybridized carbons (Fsp3) is 0. The Hall–Kier alpha value is -3.64. The fourth-order valence-corrected chi connectivity index (χ4v) is 0.328. The molecule has 0 saturated carbocycles. The molecule has 118 valence electrons. The number of hydrogen-bond donors (Lipinski definition) is 6. The Morgan fingerprint density at radius 1 is 0.619 bits per heavy atom. The van der Waals surface area contributed by atoms with Gasteiger partial charge < -0.3 is 35.4 Å². The Bertz CT molecular complexity index is 363. The van der Waals surface area contributed by atoms with E-state index >= 15 is 0 Å². The molecule has 0 amide bonds. The monoisotopic (exact) mass is 310 g/mol. The number of hydrogen-bond acceptors (Lipinski definition) is 7. The molecular formula is C8H10N2O11. The molecule has 13 heteroatoms. The van der Waals surface area contributed by atoms with Crippen LogP contribution < -0.4 is 0 Å². The second-order valence-corrected chi connectivity index (χ2v) is 2.09. The molecule has 1 aromatic heterocycles. The molecule has 6 N–H and O–H groups in total. The number of rotatable bonds is 0. The van der Waals surface area contributed by atoms with Gasteiger partial charge in [-0.2, -0.15) is 0 Å². The van der Waals surface area contributed by atoms with E-state index in [0.717, 1.165) is 0 Å². The lowest BCUT2D eigenvalue weighted by atomic mass is 10.8. The van der Waals surface area contributed by atoms with Crippen LogP contribution in [-0.4, -0.2) is 65.2 Å². The van der Waals surface area contributed by atoms with Crippen molar-refractivity contribution >= 4 is 24.6 Å². The van der Waals surface area contributed by atoms with Crippen molar-refractivity contribution in [3.05, 3.63) is 24.8 Å². The molecule has 0 spiro atoms. The highest BCUT2D eigenvalue weighted by Gasteiger charge is 2.01. The average molecular weight is 310 g/mol. The molecule has 0 saturated heterocycles. The van der Waals surface area contributed by atoms with Crippen LogP contribution in [0.2, 0.25) is 0 Å². The van der Waals surface area contributed by atoms with E-state index in [4.69, 9.17) is 40.2 Å². The highest BCUT2D eigenvalue weighted by atomic mass is 16.7. The van der Waals surface area contributed by atoms with E-state index in [1.54, 1.807) is 24.8 Å². The van der Waals surface area contributed by atoms with Crippen LogP contribution in [0, 0.1) is 0 Å². The summed E-state index contributed by atoms with van der Waals surface area (Å²) in [7, 11) is 0. The van der Waals surface area contributed by atoms with Crippen molar-refractivity contribution in [1.82, 2.24) is 9.97 Å². The number of ether oxygens (including phenoxy) is 1. The van der Waals surface area contributed by atoms with Crippen molar-refractivity contribution in [1.29, 1.82) is 0 Å². The van der Waals surface area contributed by atoms with Crippen molar-refractivity contribution in [3.8, 4) is 0 Å². The minimum Gasteiger partial charge on any atom is -0.450 e. The minimum absolute atomic E-state index is 1.64. The zero-order chi connectivity index (χ0) is 17.3. The smallest absolute Gasteiger partial charge is 0.450 e. The van der Waals surface area contributed by atoms with E-state index in [2.05, 4.69) is 14.7 Å². The second kappa shape index (κ2) is 16.4. The fourth-order valence-electron chi connectivity index (χ4n) is 0.328. The molecule has 0 radical (unpaired) electrons. The van der Waals surface area contributed by atoms with Crippen LogP contribution in [0.15, 0.2) is 24.8 Å². The summed E-state index contributed by atoms with van der Waals surface area (Å²) in [6.45, 7) is 0. The summed E-state index contributed by atoms with van der Waals surface area (Å²) in [5, 5.41) is 42.9. The van der Waals surface area contributed by atoms with Gasteiger partial charge >= 0.3 is 24.6 Å². The van der Waals surface area contributed by atoms with Crippen LogP contribution in [0.25, 0.3) is 0 Å². The number of carbonyl (C=O) groups is 4. The van der Waals surface area contributed by atoms with Crippen LogP contribution >= 0.6 is 0 Å². The van der Waals surface area contributed by atoms with Crippen molar-refractivity contribution in [2.75, 3.05) is 0 Å². The first kappa shape index (κ1) is 22.5. The zero-order valence-corrected chi connectivity index (χ0v) is 9.93. The molecule has 0 aliphatic carbocycles. The molecule has 0 fully saturated rings. The molecule has 1 aromatic rings. The quantitative estimate of drug-likeness (QED) is 0.293. The Morgan fingerprint density at radius 2 is 0.810 bits per heavy atom. The van der Waals surface area contributed by atoms with Gasteiger partial charge in [-0.05, 0) is 0 Å². The largest absolute Gasteiger partial charge is 0.516 e. The maximum Gasteiger partial charge on any atom is 0.516 e. The van der Waals surface area contributed by atoms with Gasteiger partial charge in [0.2, 0.25) is 0 Å². The number of aromatic nitrogens is 2. The predicted octanol–water partition coefficient (Wildman–Crippen LogP) is 1.28. The Morgan fingerprint density at radius 3 is 0.857 bits per heavy atom. The SMILES string of the molecule is O=C(O)O.O=C(O)O.O=C(O)OC(=O)O.c1cnccn1. The molecule has 1 rings (SSSR count). The lowest BCUT2D eigenvalue weighted by molar-refractivity contribution is 0.0800. The van der Waals surface area contributed by atoms with Gasteiger partial charge in [-0.25, -0.2) is 19.2 Å². The van der Waals surface area contributed by atoms with Gasteiger partial charge in [0.25, 0.3) is 0 Å². The van der Waals surface area contributed by atoms with Crippen molar-refractivity contribution in [3.63, 3.8) is 0 Å². The second-order valence-electron chi connectivity index (χ2n) is 2.09. The van der Waals surface area contributed by atoms with Crippen molar-refractivity contribution in [2.45, 2.75) is 0 Å². The molecule has 0 aliphatic rings. The third-order valence-electron chi connectivity index (χ3n) is 0.652. The summed E-state index contributed by atoms with van der Waals surface area (Å²) in [6, 6.07) is 0. The first-order valence-electron chi connectivity index (χ1n) is 4.27. The van der Waals surface area contributed by atoms with Crippen LogP contribution in [-0.2, 0) is 4.74 Å². The molecule has 0 aliphatic heterocycles. The Labute approximate surface area is 115 Å². The maximum atomic E-state index is 9.21. The predicted molar refractivity (Wildman–Crippen MR) is 60.5 cm³/mol. The first-order valence-corrected chi connectivity index (χ1v) is 4.27. The molecule has 0 unspecified atom stereocenters. The Balaban J connectivity index is -0.000000213. The van der Waals surface area contributed by atoms with E-state index in [0.29, 0.717) is 0 Å². The zero-order valence-electron chi connectivity index (χ0n) is 9.93. The molecule has 0 atom stereocenters. The van der Waals surface area contributed by atoms with Crippen LogP contribution in [0.3, 0.4) is 0 Å². The van der Waals surface area contributed by atoms with Gasteiger partial charge in [0.1, 0.15) is 0 Å². The summed E-state index contributed by atoms with van der Waals surface area (Å²) in [6.07, 6.45) is -0.736. The molecular weight excluding hydrogens is 300 g/mol. The third kappa shape index (κ3) is 83.4. The standard InChI is InChI=1S/C4H4N2.C2H2O5.2CH2O3/c1-2-6-4-3-5-1;3-1(4)7-2(5)6;2*2-1(3)4/h1-4H;(H,3,4)(H,5,6);2*(H2,2,3,4). The van der Waals surface area contributed by atoms with Gasteiger partial charge in [0.15, 0.2) is 0 Å². The highest BCUT2D eigenvalue weighted by Crippen LogP contribution is 1.73. The van der Waals surface area contributed by atoms with E-state index in [1.165, 1.54) is 0 Å². The van der Waals surface area contributed by atoms with Crippen LogP contribution in [0.1, 0.15) is 0 Å². The molecule has 0 bridgehead atoms. The summed E-state index contributed by atoms with van der Waals surface area (Å²) in [5.41, 5.74) is 0. The van der Waals surface area contributed by atoms with E-state index < -0.39 is 24.6 Å². The highest BCUT2D eigenvalue weighted by molar-refractivity contribution is 5.74. The van der Waals surface area contributed by atoms with Crippen molar-refractivity contribution in [2.24, 2.45) is 0 Å².